The van der Waals surface area contributed by atoms with E-state index in [2.05, 4.69) is 27.6 Å². The SMILES string of the molecule is N#Cc1ccc(NCC2CC(=O)N(CCc3ccccc3)C2)nn1. The van der Waals surface area contributed by atoms with Gasteiger partial charge < -0.3 is 10.2 Å². The van der Waals surface area contributed by atoms with Gasteiger partial charge in [-0.1, -0.05) is 30.3 Å². The molecule has 1 atom stereocenters. The van der Waals surface area contributed by atoms with Crippen molar-refractivity contribution in [2.45, 2.75) is 12.8 Å². The van der Waals surface area contributed by atoms with Crippen LogP contribution in [0.2, 0.25) is 0 Å². The molecule has 2 heterocycles. The highest BCUT2D eigenvalue weighted by Gasteiger charge is 2.28. The Labute approximate surface area is 141 Å². The first-order valence-electron chi connectivity index (χ1n) is 8.04. The smallest absolute Gasteiger partial charge is 0.223 e. The maximum absolute atomic E-state index is 12.1. The van der Waals surface area contributed by atoms with Crippen molar-refractivity contribution in [2.24, 2.45) is 5.92 Å². The summed E-state index contributed by atoms with van der Waals surface area (Å²) in [5.41, 5.74) is 1.54. The minimum atomic E-state index is 0.212. The number of benzene rings is 1. The number of aromatic nitrogens is 2. The second-order valence-electron chi connectivity index (χ2n) is 5.94. The van der Waals surface area contributed by atoms with Gasteiger partial charge in [-0.25, -0.2) is 0 Å². The Morgan fingerprint density at radius 2 is 2.04 bits per heavy atom. The number of anilines is 1. The Morgan fingerprint density at radius 1 is 1.21 bits per heavy atom. The molecule has 1 aromatic carbocycles. The van der Waals surface area contributed by atoms with Gasteiger partial charge in [0.05, 0.1) is 0 Å². The first kappa shape index (κ1) is 15.9. The molecule has 1 aromatic heterocycles. The van der Waals surface area contributed by atoms with Crippen molar-refractivity contribution in [3.05, 3.63) is 53.7 Å². The van der Waals surface area contributed by atoms with Gasteiger partial charge in [0.25, 0.3) is 0 Å². The molecular formula is C18H19N5O. The van der Waals surface area contributed by atoms with Crippen molar-refractivity contribution < 1.29 is 4.79 Å². The van der Waals surface area contributed by atoms with Crippen LogP contribution < -0.4 is 5.32 Å². The number of hydrogen-bond donors (Lipinski definition) is 1. The lowest BCUT2D eigenvalue weighted by Crippen LogP contribution is -2.28. The van der Waals surface area contributed by atoms with Crippen LogP contribution in [0.3, 0.4) is 0 Å². The number of nitriles is 1. The summed E-state index contributed by atoms with van der Waals surface area (Å²) in [5, 5.41) is 19.6. The zero-order valence-corrected chi connectivity index (χ0v) is 13.4. The van der Waals surface area contributed by atoms with E-state index in [0.29, 0.717) is 24.5 Å². The Morgan fingerprint density at radius 3 is 2.75 bits per heavy atom. The van der Waals surface area contributed by atoms with Crippen molar-refractivity contribution in [1.29, 1.82) is 5.26 Å². The highest BCUT2D eigenvalue weighted by Crippen LogP contribution is 2.19. The molecule has 1 aliphatic rings. The van der Waals surface area contributed by atoms with E-state index in [0.717, 1.165) is 19.5 Å². The minimum absolute atomic E-state index is 0.212. The first-order valence-corrected chi connectivity index (χ1v) is 8.04. The maximum atomic E-state index is 12.1. The van der Waals surface area contributed by atoms with Gasteiger partial charge in [0.1, 0.15) is 11.9 Å². The van der Waals surface area contributed by atoms with E-state index in [1.54, 1.807) is 12.1 Å². The van der Waals surface area contributed by atoms with Gasteiger partial charge in [0.2, 0.25) is 5.91 Å². The van der Waals surface area contributed by atoms with E-state index in [1.807, 2.05) is 29.2 Å². The lowest BCUT2D eigenvalue weighted by molar-refractivity contribution is -0.127. The Kier molecular flexibility index (Phi) is 5.02. The van der Waals surface area contributed by atoms with Crippen LogP contribution in [-0.4, -0.2) is 40.6 Å². The highest BCUT2D eigenvalue weighted by atomic mass is 16.2. The summed E-state index contributed by atoms with van der Waals surface area (Å²) < 4.78 is 0. The van der Waals surface area contributed by atoms with Crippen molar-refractivity contribution >= 4 is 11.7 Å². The van der Waals surface area contributed by atoms with Gasteiger partial charge in [-0.05, 0) is 24.1 Å². The van der Waals surface area contributed by atoms with Crippen molar-refractivity contribution in [1.82, 2.24) is 15.1 Å². The van der Waals surface area contributed by atoms with Crippen LogP contribution in [0.15, 0.2) is 42.5 Å². The third-order valence-corrected chi connectivity index (χ3v) is 4.16. The number of amides is 1. The third-order valence-electron chi connectivity index (χ3n) is 4.16. The molecule has 122 valence electrons. The number of likely N-dealkylation sites (tertiary alicyclic amines) is 1. The lowest BCUT2D eigenvalue weighted by Gasteiger charge is -2.17. The summed E-state index contributed by atoms with van der Waals surface area (Å²) in [7, 11) is 0. The molecule has 6 heteroatoms. The third kappa shape index (κ3) is 4.07. The molecule has 1 amide bonds. The maximum Gasteiger partial charge on any atom is 0.223 e. The van der Waals surface area contributed by atoms with Gasteiger partial charge >= 0.3 is 0 Å². The zero-order valence-electron chi connectivity index (χ0n) is 13.4. The van der Waals surface area contributed by atoms with Crippen LogP contribution in [0.4, 0.5) is 5.82 Å². The van der Waals surface area contributed by atoms with Crippen LogP contribution in [-0.2, 0) is 11.2 Å². The largest absolute Gasteiger partial charge is 0.368 e. The summed E-state index contributed by atoms with van der Waals surface area (Å²) in [6, 6.07) is 15.5. The standard InChI is InChI=1S/C18H19N5O/c19-11-16-6-7-17(22-21-16)20-12-15-10-18(24)23(13-15)9-8-14-4-2-1-3-5-14/h1-7,15H,8-10,12-13H2,(H,20,22). The highest BCUT2D eigenvalue weighted by molar-refractivity contribution is 5.78. The van der Waals surface area contributed by atoms with E-state index in [4.69, 9.17) is 5.26 Å². The van der Waals surface area contributed by atoms with Gasteiger partial charge in [-0.15, -0.1) is 10.2 Å². The predicted molar refractivity (Wildman–Crippen MR) is 90.1 cm³/mol. The Hall–Kier alpha value is -2.94. The molecule has 1 N–H and O–H groups in total. The monoisotopic (exact) mass is 321 g/mol. The summed E-state index contributed by atoms with van der Waals surface area (Å²) in [6.07, 6.45) is 1.44. The fourth-order valence-electron chi connectivity index (χ4n) is 2.85. The molecule has 1 aliphatic heterocycles. The number of hydrogen-bond acceptors (Lipinski definition) is 5. The van der Waals surface area contributed by atoms with Crippen molar-refractivity contribution in [3.63, 3.8) is 0 Å². The second-order valence-corrected chi connectivity index (χ2v) is 5.94. The first-order chi connectivity index (χ1) is 11.7. The molecule has 1 fully saturated rings. The molecule has 2 aromatic rings. The molecule has 1 unspecified atom stereocenters. The van der Waals surface area contributed by atoms with Crippen LogP contribution >= 0.6 is 0 Å². The number of nitrogens with one attached hydrogen (secondary N) is 1. The van der Waals surface area contributed by atoms with E-state index in [1.165, 1.54) is 5.56 Å². The molecule has 0 saturated carbocycles. The molecule has 0 bridgehead atoms. The van der Waals surface area contributed by atoms with E-state index in [9.17, 15) is 4.79 Å². The van der Waals surface area contributed by atoms with Gasteiger partial charge in [0, 0.05) is 32.0 Å². The average molecular weight is 321 g/mol. The average Bonchev–Trinajstić information content (AvgIpc) is 2.99. The molecule has 6 nitrogen and oxygen atoms in total. The molecule has 0 aliphatic carbocycles. The zero-order chi connectivity index (χ0) is 16.8. The van der Waals surface area contributed by atoms with Crippen LogP contribution in [0, 0.1) is 17.2 Å². The normalized spacial score (nSPS) is 16.9. The van der Waals surface area contributed by atoms with Gasteiger partial charge in [0.15, 0.2) is 5.69 Å². The quantitative estimate of drug-likeness (QED) is 0.878. The molecule has 24 heavy (non-hydrogen) atoms. The topological polar surface area (TPSA) is 81.9 Å². The summed E-state index contributed by atoms with van der Waals surface area (Å²) in [5.74, 6) is 1.11. The predicted octanol–water partition coefficient (Wildman–Crippen LogP) is 1.85. The van der Waals surface area contributed by atoms with E-state index in [-0.39, 0.29) is 11.8 Å². The fourth-order valence-corrected chi connectivity index (χ4v) is 2.85. The lowest BCUT2D eigenvalue weighted by atomic mass is 10.1. The van der Waals surface area contributed by atoms with E-state index < -0.39 is 0 Å². The number of carbonyl (C=O) groups excluding carboxylic acids is 1. The number of carbonyl (C=O) groups is 1. The van der Waals surface area contributed by atoms with Crippen molar-refractivity contribution in [3.8, 4) is 6.07 Å². The molecule has 1 saturated heterocycles. The van der Waals surface area contributed by atoms with Crippen LogP contribution in [0.1, 0.15) is 17.7 Å². The van der Waals surface area contributed by atoms with Crippen LogP contribution in [0.25, 0.3) is 0 Å². The Bertz CT molecular complexity index is 723. The van der Waals surface area contributed by atoms with E-state index >= 15 is 0 Å². The van der Waals surface area contributed by atoms with Crippen LogP contribution in [0.5, 0.6) is 0 Å². The Balaban J connectivity index is 1.46. The second kappa shape index (κ2) is 7.55. The molecule has 3 rings (SSSR count). The summed E-state index contributed by atoms with van der Waals surface area (Å²) >= 11 is 0. The van der Waals surface area contributed by atoms with Crippen molar-refractivity contribution in [2.75, 3.05) is 25.0 Å². The number of nitrogens with zero attached hydrogens (tertiary/aromatic N) is 4. The molecule has 0 radical (unpaired) electrons. The molecule has 0 spiro atoms. The minimum Gasteiger partial charge on any atom is -0.368 e. The fraction of sp³-hybridized carbons (Fsp3) is 0.333. The van der Waals surface area contributed by atoms with Gasteiger partial charge in [-0.2, -0.15) is 5.26 Å². The summed E-state index contributed by atoms with van der Waals surface area (Å²) in [4.78, 5) is 14.1. The van der Waals surface area contributed by atoms with Gasteiger partial charge in [-0.3, -0.25) is 4.79 Å². The summed E-state index contributed by atoms with van der Waals surface area (Å²) in [6.45, 7) is 2.20. The number of rotatable bonds is 6. The molecular weight excluding hydrogens is 302 g/mol.